The maximum atomic E-state index is 12.0. The van der Waals surface area contributed by atoms with Crippen LogP contribution in [0.1, 0.15) is 26.7 Å². The van der Waals surface area contributed by atoms with Crippen LogP contribution in [-0.4, -0.2) is 54.1 Å². The van der Waals surface area contributed by atoms with E-state index in [-0.39, 0.29) is 17.9 Å². The molecule has 0 bridgehead atoms. The lowest BCUT2D eigenvalue weighted by Crippen LogP contribution is -2.50. The van der Waals surface area contributed by atoms with Crippen LogP contribution in [-0.2, 0) is 9.59 Å². The molecule has 1 fully saturated rings. The highest BCUT2D eigenvalue weighted by Crippen LogP contribution is 2.17. The quantitative estimate of drug-likeness (QED) is 0.690. The molecule has 0 radical (unpaired) electrons. The lowest BCUT2D eigenvalue weighted by Gasteiger charge is -2.32. The summed E-state index contributed by atoms with van der Waals surface area (Å²) in [5, 5.41) is 14.2. The SMILES string of the molecule is CNC(=O)C1CCN(C(=O)NC(C)C(C)C(=O)O)CC1. The van der Waals surface area contributed by atoms with Crippen molar-refractivity contribution in [3.63, 3.8) is 0 Å². The summed E-state index contributed by atoms with van der Waals surface area (Å²) >= 11 is 0. The highest BCUT2D eigenvalue weighted by Gasteiger charge is 2.28. The first kappa shape index (κ1) is 16.3. The van der Waals surface area contributed by atoms with Crippen molar-refractivity contribution < 1.29 is 19.5 Å². The Balaban J connectivity index is 2.43. The zero-order valence-electron chi connectivity index (χ0n) is 12.2. The summed E-state index contributed by atoms with van der Waals surface area (Å²) in [5.74, 6) is -1.60. The minimum Gasteiger partial charge on any atom is -0.481 e. The van der Waals surface area contributed by atoms with E-state index in [0.29, 0.717) is 25.9 Å². The Hall–Kier alpha value is -1.79. The van der Waals surface area contributed by atoms with Gasteiger partial charge in [0.15, 0.2) is 0 Å². The van der Waals surface area contributed by atoms with Crippen molar-refractivity contribution >= 4 is 17.9 Å². The molecule has 7 heteroatoms. The third-order valence-electron chi connectivity index (χ3n) is 3.89. The van der Waals surface area contributed by atoms with Gasteiger partial charge in [-0.25, -0.2) is 4.79 Å². The summed E-state index contributed by atoms with van der Waals surface area (Å²) < 4.78 is 0. The molecule has 3 N–H and O–H groups in total. The van der Waals surface area contributed by atoms with E-state index in [0.717, 1.165) is 0 Å². The number of hydrogen-bond acceptors (Lipinski definition) is 3. The van der Waals surface area contributed by atoms with Crippen LogP contribution in [0.3, 0.4) is 0 Å². The highest BCUT2D eigenvalue weighted by atomic mass is 16.4. The fourth-order valence-electron chi connectivity index (χ4n) is 2.17. The van der Waals surface area contributed by atoms with Gasteiger partial charge in [-0.1, -0.05) is 0 Å². The topological polar surface area (TPSA) is 98.7 Å². The Labute approximate surface area is 118 Å². The molecule has 1 aliphatic heterocycles. The lowest BCUT2D eigenvalue weighted by molar-refractivity contribution is -0.141. The Bertz CT molecular complexity index is 378. The molecule has 1 heterocycles. The van der Waals surface area contributed by atoms with Gasteiger partial charge in [0.05, 0.1) is 5.92 Å². The van der Waals surface area contributed by atoms with Crippen molar-refractivity contribution in [2.75, 3.05) is 20.1 Å². The average Bonchev–Trinajstić information content (AvgIpc) is 2.45. The summed E-state index contributed by atoms with van der Waals surface area (Å²) in [6.45, 7) is 4.26. The first-order chi connectivity index (χ1) is 9.36. The molecule has 2 unspecified atom stereocenters. The Kier molecular flexibility index (Phi) is 5.79. The number of rotatable bonds is 4. The van der Waals surface area contributed by atoms with E-state index in [1.165, 1.54) is 0 Å². The van der Waals surface area contributed by atoms with E-state index < -0.39 is 17.9 Å². The van der Waals surface area contributed by atoms with E-state index >= 15 is 0 Å². The van der Waals surface area contributed by atoms with E-state index in [4.69, 9.17) is 5.11 Å². The predicted molar refractivity (Wildman–Crippen MR) is 73.2 cm³/mol. The molecule has 0 aromatic carbocycles. The molecule has 0 aliphatic carbocycles. The Morgan fingerprint density at radius 2 is 1.75 bits per heavy atom. The Morgan fingerprint density at radius 3 is 2.20 bits per heavy atom. The monoisotopic (exact) mass is 285 g/mol. The van der Waals surface area contributed by atoms with Gasteiger partial charge in [0.25, 0.3) is 0 Å². The van der Waals surface area contributed by atoms with Crippen LogP contribution in [0, 0.1) is 11.8 Å². The molecular formula is C13H23N3O4. The van der Waals surface area contributed by atoms with Crippen LogP contribution in [0.25, 0.3) is 0 Å². The number of carboxylic acids is 1. The van der Waals surface area contributed by atoms with Crippen molar-refractivity contribution in [1.82, 2.24) is 15.5 Å². The van der Waals surface area contributed by atoms with Gasteiger partial charge in [0, 0.05) is 32.1 Å². The second kappa shape index (κ2) is 7.12. The van der Waals surface area contributed by atoms with Gasteiger partial charge >= 0.3 is 12.0 Å². The van der Waals surface area contributed by atoms with E-state index in [9.17, 15) is 14.4 Å². The summed E-state index contributed by atoms with van der Waals surface area (Å²) in [6, 6.07) is -0.697. The molecule has 2 atom stereocenters. The summed E-state index contributed by atoms with van der Waals surface area (Å²) in [6.07, 6.45) is 1.27. The van der Waals surface area contributed by atoms with Crippen LogP contribution in [0.15, 0.2) is 0 Å². The molecule has 114 valence electrons. The number of nitrogens with zero attached hydrogens (tertiary/aromatic N) is 1. The molecule has 0 aromatic heterocycles. The molecular weight excluding hydrogens is 262 g/mol. The van der Waals surface area contributed by atoms with E-state index in [1.807, 2.05) is 0 Å². The van der Waals surface area contributed by atoms with Gasteiger partial charge in [-0.15, -0.1) is 0 Å². The number of aliphatic carboxylic acids is 1. The second-order valence-electron chi connectivity index (χ2n) is 5.24. The van der Waals surface area contributed by atoms with Crippen LogP contribution in [0.4, 0.5) is 4.79 Å². The van der Waals surface area contributed by atoms with Gasteiger partial charge in [-0.05, 0) is 26.7 Å². The summed E-state index contributed by atoms with van der Waals surface area (Å²) in [4.78, 5) is 36.0. The lowest BCUT2D eigenvalue weighted by atomic mass is 9.96. The van der Waals surface area contributed by atoms with E-state index in [2.05, 4.69) is 10.6 Å². The van der Waals surface area contributed by atoms with Gasteiger partial charge in [0.2, 0.25) is 5.91 Å². The fourth-order valence-corrected chi connectivity index (χ4v) is 2.17. The van der Waals surface area contributed by atoms with Crippen LogP contribution >= 0.6 is 0 Å². The van der Waals surface area contributed by atoms with Crippen LogP contribution < -0.4 is 10.6 Å². The number of amides is 3. The molecule has 20 heavy (non-hydrogen) atoms. The first-order valence-corrected chi connectivity index (χ1v) is 6.86. The summed E-state index contributed by atoms with van der Waals surface area (Å²) in [7, 11) is 1.61. The molecule has 0 aromatic rings. The normalized spacial score (nSPS) is 19.1. The van der Waals surface area contributed by atoms with Crippen molar-refractivity contribution in [1.29, 1.82) is 0 Å². The fraction of sp³-hybridized carbons (Fsp3) is 0.769. The second-order valence-corrected chi connectivity index (χ2v) is 5.24. The first-order valence-electron chi connectivity index (χ1n) is 6.86. The van der Waals surface area contributed by atoms with Gasteiger partial charge in [-0.3, -0.25) is 9.59 Å². The highest BCUT2D eigenvalue weighted by molar-refractivity contribution is 5.79. The smallest absolute Gasteiger partial charge is 0.317 e. The van der Waals surface area contributed by atoms with Gasteiger partial charge < -0.3 is 20.6 Å². The van der Waals surface area contributed by atoms with Crippen molar-refractivity contribution in [2.45, 2.75) is 32.7 Å². The van der Waals surface area contributed by atoms with Crippen molar-refractivity contribution in [3.05, 3.63) is 0 Å². The molecule has 1 aliphatic rings. The predicted octanol–water partition coefficient (Wildman–Crippen LogP) is 0.263. The average molecular weight is 285 g/mol. The standard InChI is InChI=1S/C13H23N3O4/c1-8(12(18)19)9(2)15-13(20)16-6-4-10(5-7-16)11(17)14-3/h8-10H,4-7H2,1-3H3,(H,14,17)(H,15,20)(H,18,19). The van der Waals surface area contributed by atoms with E-state index in [1.54, 1.807) is 25.8 Å². The molecule has 7 nitrogen and oxygen atoms in total. The van der Waals surface area contributed by atoms with Crippen LogP contribution in [0.2, 0.25) is 0 Å². The maximum absolute atomic E-state index is 12.0. The minimum atomic E-state index is -0.934. The van der Waals surface area contributed by atoms with Crippen molar-refractivity contribution in [3.8, 4) is 0 Å². The Morgan fingerprint density at radius 1 is 1.20 bits per heavy atom. The molecule has 3 amide bonds. The van der Waals surface area contributed by atoms with Gasteiger partial charge in [-0.2, -0.15) is 0 Å². The number of nitrogens with one attached hydrogen (secondary N) is 2. The number of likely N-dealkylation sites (tertiary alicyclic amines) is 1. The molecule has 1 saturated heterocycles. The number of carboxylic acid groups (broad SMARTS) is 1. The van der Waals surface area contributed by atoms with Gasteiger partial charge in [0.1, 0.15) is 0 Å². The largest absolute Gasteiger partial charge is 0.481 e. The molecule has 1 rings (SSSR count). The number of piperidine rings is 1. The number of carbonyl (C=O) groups is 3. The third-order valence-corrected chi connectivity index (χ3v) is 3.89. The number of carbonyl (C=O) groups excluding carboxylic acids is 2. The molecule has 0 saturated carbocycles. The zero-order valence-corrected chi connectivity index (χ0v) is 12.2. The number of urea groups is 1. The zero-order chi connectivity index (χ0) is 15.3. The molecule has 0 spiro atoms. The van der Waals surface area contributed by atoms with Crippen LogP contribution in [0.5, 0.6) is 0 Å². The number of hydrogen-bond donors (Lipinski definition) is 3. The third kappa shape index (κ3) is 4.11. The minimum absolute atomic E-state index is 0.0120. The summed E-state index contributed by atoms with van der Waals surface area (Å²) in [5.41, 5.74) is 0. The van der Waals surface area contributed by atoms with Crippen molar-refractivity contribution in [2.24, 2.45) is 11.8 Å². The maximum Gasteiger partial charge on any atom is 0.317 e.